The Morgan fingerprint density at radius 2 is 1.81 bits per heavy atom. The van der Waals surface area contributed by atoms with Gasteiger partial charge in [-0.1, -0.05) is 0 Å². The number of halogens is 2. The fourth-order valence-electron chi connectivity index (χ4n) is 1.32. The summed E-state index contributed by atoms with van der Waals surface area (Å²) in [5.74, 6) is 3.28. The summed E-state index contributed by atoms with van der Waals surface area (Å²) in [7, 11) is -3.30. The topological polar surface area (TPSA) is 72.2 Å². The highest BCUT2D eigenvalue weighted by molar-refractivity contribution is 7.90. The molecule has 1 rings (SSSR count). The summed E-state index contributed by atoms with van der Waals surface area (Å²) in [5, 5.41) is 0. The van der Waals surface area contributed by atoms with Crippen LogP contribution in [0.3, 0.4) is 0 Å². The maximum absolute atomic E-state index is 12.9. The van der Waals surface area contributed by atoms with Crippen LogP contribution in [-0.2, 0) is 9.84 Å². The normalized spacial score (nSPS) is 13.8. The van der Waals surface area contributed by atoms with E-state index in [1.807, 2.05) is 0 Å². The molecule has 90 valence electrons. The predicted octanol–water partition coefficient (Wildman–Crippen LogP) is 0.514. The molecular weight excluding hydrogens is 238 g/mol. The van der Waals surface area contributed by atoms with Crippen molar-refractivity contribution in [2.24, 2.45) is 5.84 Å². The second-order valence-electron chi connectivity index (χ2n) is 3.51. The van der Waals surface area contributed by atoms with Crippen molar-refractivity contribution in [1.29, 1.82) is 0 Å². The lowest BCUT2D eigenvalue weighted by atomic mass is 10.1. The van der Waals surface area contributed by atoms with Gasteiger partial charge in [-0.2, -0.15) is 0 Å². The van der Waals surface area contributed by atoms with Gasteiger partial charge < -0.3 is 0 Å². The van der Waals surface area contributed by atoms with E-state index in [1.165, 1.54) is 0 Å². The van der Waals surface area contributed by atoms with Crippen LogP contribution < -0.4 is 11.3 Å². The first-order valence-electron chi connectivity index (χ1n) is 4.41. The summed E-state index contributed by atoms with van der Waals surface area (Å²) in [6.45, 7) is 0. The lowest BCUT2D eigenvalue weighted by Gasteiger charge is -2.15. The van der Waals surface area contributed by atoms with Crippen LogP contribution in [0, 0.1) is 11.6 Å². The molecule has 4 nitrogen and oxygen atoms in total. The summed E-state index contributed by atoms with van der Waals surface area (Å²) in [5.41, 5.74) is 2.37. The van der Waals surface area contributed by atoms with Crippen molar-refractivity contribution >= 4 is 9.84 Å². The molecule has 0 bridgehead atoms. The van der Waals surface area contributed by atoms with Crippen LogP contribution in [0.5, 0.6) is 0 Å². The molecule has 0 saturated carbocycles. The fraction of sp³-hybridized carbons (Fsp3) is 0.333. The minimum atomic E-state index is -3.30. The highest BCUT2D eigenvalue weighted by atomic mass is 32.2. The molecule has 1 atom stereocenters. The molecule has 0 aromatic heterocycles. The number of hydrazine groups is 1. The summed E-state index contributed by atoms with van der Waals surface area (Å²) >= 11 is 0. The second kappa shape index (κ2) is 4.86. The highest BCUT2D eigenvalue weighted by Gasteiger charge is 2.17. The molecule has 1 aromatic carbocycles. The summed E-state index contributed by atoms with van der Waals surface area (Å²) < 4.78 is 47.9. The Morgan fingerprint density at radius 3 is 2.19 bits per heavy atom. The van der Waals surface area contributed by atoms with E-state index < -0.39 is 27.5 Å². The fourth-order valence-corrected chi connectivity index (χ4v) is 2.21. The van der Waals surface area contributed by atoms with Gasteiger partial charge in [0.1, 0.15) is 21.5 Å². The molecular formula is C9H12F2N2O2S. The molecule has 0 spiro atoms. The number of benzene rings is 1. The largest absolute Gasteiger partial charge is 0.271 e. The van der Waals surface area contributed by atoms with E-state index in [0.29, 0.717) is 6.07 Å². The van der Waals surface area contributed by atoms with Gasteiger partial charge >= 0.3 is 0 Å². The molecule has 7 heteroatoms. The highest BCUT2D eigenvalue weighted by Crippen LogP contribution is 2.17. The number of sulfone groups is 1. The summed E-state index contributed by atoms with van der Waals surface area (Å²) in [6.07, 6.45) is 1.02. The second-order valence-corrected chi connectivity index (χ2v) is 5.70. The Kier molecular flexibility index (Phi) is 3.95. The van der Waals surface area contributed by atoms with E-state index in [1.54, 1.807) is 0 Å². The van der Waals surface area contributed by atoms with Crippen LogP contribution in [0.4, 0.5) is 8.78 Å². The zero-order valence-corrected chi connectivity index (χ0v) is 9.39. The summed E-state index contributed by atoms with van der Waals surface area (Å²) in [6, 6.07) is 1.95. The monoisotopic (exact) mass is 250 g/mol. The van der Waals surface area contributed by atoms with Gasteiger partial charge in [0.15, 0.2) is 0 Å². The van der Waals surface area contributed by atoms with Crippen molar-refractivity contribution in [3.63, 3.8) is 0 Å². The Balaban J connectivity index is 3.04. The number of nitrogens with two attached hydrogens (primary N) is 1. The number of rotatable bonds is 4. The lowest BCUT2D eigenvalue weighted by Crippen LogP contribution is -2.33. The Labute approximate surface area is 92.3 Å². The van der Waals surface area contributed by atoms with Gasteiger partial charge in [0, 0.05) is 12.3 Å². The average Bonchev–Trinajstić information content (AvgIpc) is 2.11. The van der Waals surface area contributed by atoms with Gasteiger partial charge in [0.05, 0.1) is 11.8 Å². The lowest BCUT2D eigenvalue weighted by molar-refractivity contribution is 0.545. The van der Waals surface area contributed by atoms with E-state index in [-0.39, 0.29) is 11.3 Å². The van der Waals surface area contributed by atoms with Gasteiger partial charge in [-0.3, -0.25) is 11.3 Å². The van der Waals surface area contributed by atoms with Gasteiger partial charge in [0.25, 0.3) is 0 Å². The Hall–Kier alpha value is -1.05. The standard InChI is InChI=1S/C9H12F2N2O2S/c1-16(14,15)5-9(13-12)6-2-7(10)4-8(11)3-6/h2-4,9,13H,5,12H2,1H3. The first-order valence-corrected chi connectivity index (χ1v) is 6.48. The number of hydrogen-bond acceptors (Lipinski definition) is 4. The van der Waals surface area contributed by atoms with Crippen LogP contribution >= 0.6 is 0 Å². The third kappa shape index (κ3) is 3.84. The molecule has 0 amide bonds. The van der Waals surface area contributed by atoms with Gasteiger partial charge in [-0.15, -0.1) is 0 Å². The zero-order valence-electron chi connectivity index (χ0n) is 8.57. The van der Waals surface area contributed by atoms with Crippen molar-refractivity contribution < 1.29 is 17.2 Å². The molecule has 1 unspecified atom stereocenters. The third-order valence-electron chi connectivity index (χ3n) is 1.96. The first kappa shape index (κ1) is 13.0. The quantitative estimate of drug-likeness (QED) is 0.603. The van der Waals surface area contributed by atoms with Crippen LogP contribution in [-0.4, -0.2) is 20.4 Å². The third-order valence-corrected chi connectivity index (χ3v) is 2.90. The average molecular weight is 250 g/mol. The molecule has 16 heavy (non-hydrogen) atoms. The van der Waals surface area contributed by atoms with Crippen LogP contribution in [0.1, 0.15) is 11.6 Å². The zero-order chi connectivity index (χ0) is 12.3. The van der Waals surface area contributed by atoms with Crippen LogP contribution in [0.25, 0.3) is 0 Å². The van der Waals surface area contributed by atoms with Gasteiger partial charge in [-0.25, -0.2) is 17.2 Å². The minimum absolute atomic E-state index is 0.158. The van der Waals surface area contributed by atoms with Crippen LogP contribution in [0.2, 0.25) is 0 Å². The van der Waals surface area contributed by atoms with Crippen molar-refractivity contribution in [2.45, 2.75) is 6.04 Å². The molecule has 0 aliphatic rings. The molecule has 0 radical (unpaired) electrons. The SMILES string of the molecule is CS(=O)(=O)CC(NN)c1cc(F)cc(F)c1. The van der Waals surface area contributed by atoms with Crippen molar-refractivity contribution in [3.05, 3.63) is 35.4 Å². The van der Waals surface area contributed by atoms with Crippen LogP contribution in [0.15, 0.2) is 18.2 Å². The first-order chi connectivity index (χ1) is 7.31. The molecule has 0 heterocycles. The molecule has 0 aliphatic carbocycles. The van der Waals surface area contributed by atoms with Gasteiger partial charge in [0.2, 0.25) is 0 Å². The number of nitrogens with one attached hydrogen (secondary N) is 1. The Morgan fingerprint density at radius 1 is 1.31 bits per heavy atom. The minimum Gasteiger partial charge on any atom is -0.271 e. The van der Waals surface area contributed by atoms with Crippen molar-refractivity contribution in [1.82, 2.24) is 5.43 Å². The van der Waals surface area contributed by atoms with E-state index in [9.17, 15) is 17.2 Å². The summed E-state index contributed by atoms with van der Waals surface area (Å²) in [4.78, 5) is 0. The van der Waals surface area contributed by atoms with E-state index >= 15 is 0 Å². The maximum Gasteiger partial charge on any atom is 0.149 e. The van der Waals surface area contributed by atoms with Crippen molar-refractivity contribution in [2.75, 3.05) is 12.0 Å². The number of hydrogen-bond donors (Lipinski definition) is 2. The van der Waals surface area contributed by atoms with Crippen molar-refractivity contribution in [3.8, 4) is 0 Å². The Bertz CT molecular complexity index is 456. The smallest absolute Gasteiger partial charge is 0.149 e. The molecule has 3 N–H and O–H groups in total. The molecule has 1 aromatic rings. The van der Waals surface area contributed by atoms with E-state index in [4.69, 9.17) is 5.84 Å². The molecule has 0 fully saturated rings. The predicted molar refractivity (Wildman–Crippen MR) is 56.1 cm³/mol. The maximum atomic E-state index is 12.9. The van der Waals surface area contributed by atoms with Gasteiger partial charge in [-0.05, 0) is 17.7 Å². The van der Waals surface area contributed by atoms with E-state index in [2.05, 4.69) is 5.43 Å². The molecule has 0 aliphatic heterocycles. The molecule has 0 saturated heterocycles. The van der Waals surface area contributed by atoms with E-state index in [0.717, 1.165) is 18.4 Å².